The van der Waals surface area contributed by atoms with E-state index in [1.165, 1.54) is 0 Å². The van der Waals surface area contributed by atoms with Crippen LogP contribution in [0.2, 0.25) is 0 Å². The van der Waals surface area contributed by atoms with Gasteiger partial charge in [-0.1, -0.05) is 12.1 Å². The molecule has 2 aromatic rings. The highest BCUT2D eigenvalue weighted by molar-refractivity contribution is 5.85. The maximum atomic E-state index is 9.69. The van der Waals surface area contributed by atoms with Gasteiger partial charge in [0.25, 0.3) is 0 Å². The number of nitrogens with two attached hydrogens (primary N) is 1. The second-order valence-corrected chi connectivity index (χ2v) is 3.47. The van der Waals surface area contributed by atoms with Crippen molar-refractivity contribution in [2.45, 2.75) is 0 Å². The largest absolute Gasteiger partial charge is 0.507 e. The number of nitrogens with zero attached hydrogens (tertiary/aromatic N) is 1. The lowest BCUT2D eigenvalue weighted by Crippen LogP contribution is -1.86. The molecule has 0 saturated carbocycles. The van der Waals surface area contributed by atoms with Crippen molar-refractivity contribution < 1.29 is 5.11 Å². The summed E-state index contributed by atoms with van der Waals surface area (Å²) in [6.07, 6.45) is 0. The van der Waals surface area contributed by atoms with E-state index in [2.05, 4.69) is 0 Å². The summed E-state index contributed by atoms with van der Waals surface area (Å²) in [7, 11) is 0. The van der Waals surface area contributed by atoms with Crippen molar-refractivity contribution in [2.24, 2.45) is 0 Å². The van der Waals surface area contributed by atoms with Crippen molar-refractivity contribution in [1.82, 2.24) is 0 Å². The molecule has 0 bridgehead atoms. The highest BCUT2D eigenvalue weighted by Crippen LogP contribution is 2.30. The molecule has 0 aliphatic carbocycles. The maximum Gasteiger partial charge on any atom is 0.123 e. The molecule has 0 saturated heterocycles. The molecule has 3 nitrogen and oxygen atoms in total. The zero-order chi connectivity index (χ0) is 11.5. The van der Waals surface area contributed by atoms with Crippen molar-refractivity contribution in [3.05, 3.63) is 48.0 Å². The molecule has 86 valence electrons. The fraction of sp³-hybridized carbons (Fsp3) is 0. The van der Waals surface area contributed by atoms with E-state index in [-0.39, 0.29) is 18.2 Å². The van der Waals surface area contributed by atoms with Gasteiger partial charge in [-0.3, -0.25) is 0 Å². The first-order valence-electron chi connectivity index (χ1n) is 4.80. The summed E-state index contributed by atoms with van der Waals surface area (Å²) in [4.78, 5) is 0. The van der Waals surface area contributed by atoms with Gasteiger partial charge in [-0.2, -0.15) is 5.26 Å². The Morgan fingerprint density at radius 3 is 2.29 bits per heavy atom. The summed E-state index contributed by atoms with van der Waals surface area (Å²) in [5, 5.41) is 18.4. The fourth-order valence-corrected chi connectivity index (χ4v) is 1.51. The smallest absolute Gasteiger partial charge is 0.123 e. The van der Waals surface area contributed by atoms with Gasteiger partial charge in [0.2, 0.25) is 0 Å². The molecule has 0 heterocycles. The van der Waals surface area contributed by atoms with Crippen molar-refractivity contribution in [1.29, 1.82) is 5.26 Å². The Kier molecular flexibility index (Phi) is 3.97. The maximum absolute atomic E-state index is 9.69. The number of aromatic hydroxyl groups is 1. The van der Waals surface area contributed by atoms with E-state index >= 15 is 0 Å². The number of benzene rings is 2. The number of anilines is 1. The van der Waals surface area contributed by atoms with E-state index in [0.29, 0.717) is 16.8 Å². The molecule has 0 spiro atoms. The fourth-order valence-electron chi connectivity index (χ4n) is 1.51. The van der Waals surface area contributed by atoms with Crippen LogP contribution in [-0.4, -0.2) is 5.11 Å². The number of nitriles is 1. The Morgan fingerprint density at radius 1 is 1.06 bits per heavy atom. The van der Waals surface area contributed by atoms with Gasteiger partial charge in [0.1, 0.15) is 5.75 Å². The van der Waals surface area contributed by atoms with Crippen LogP contribution >= 0.6 is 12.4 Å². The Labute approximate surface area is 106 Å². The summed E-state index contributed by atoms with van der Waals surface area (Å²) >= 11 is 0. The normalized spacial score (nSPS) is 9.12. The van der Waals surface area contributed by atoms with Gasteiger partial charge >= 0.3 is 0 Å². The second kappa shape index (κ2) is 5.24. The minimum Gasteiger partial charge on any atom is -0.507 e. The molecule has 0 fully saturated rings. The van der Waals surface area contributed by atoms with Gasteiger partial charge in [-0.15, -0.1) is 12.4 Å². The zero-order valence-corrected chi connectivity index (χ0v) is 9.74. The van der Waals surface area contributed by atoms with Gasteiger partial charge in [-0.25, -0.2) is 0 Å². The second-order valence-electron chi connectivity index (χ2n) is 3.47. The molecule has 0 radical (unpaired) electrons. The van der Waals surface area contributed by atoms with Gasteiger partial charge in [0.05, 0.1) is 11.6 Å². The zero-order valence-electron chi connectivity index (χ0n) is 8.92. The number of nitrogen functional groups attached to an aromatic ring is 1. The Bertz CT molecular complexity index is 559. The first-order chi connectivity index (χ1) is 7.70. The van der Waals surface area contributed by atoms with Crippen LogP contribution in [0.15, 0.2) is 42.5 Å². The number of hydrogen-bond acceptors (Lipinski definition) is 3. The average Bonchev–Trinajstić information content (AvgIpc) is 2.32. The van der Waals surface area contributed by atoms with E-state index in [4.69, 9.17) is 11.0 Å². The van der Waals surface area contributed by atoms with Crippen molar-refractivity contribution >= 4 is 18.1 Å². The van der Waals surface area contributed by atoms with Crippen LogP contribution in [-0.2, 0) is 0 Å². The molecular formula is C13H11ClN2O. The molecule has 0 atom stereocenters. The molecule has 0 aromatic heterocycles. The molecule has 2 rings (SSSR count). The Morgan fingerprint density at radius 2 is 1.71 bits per heavy atom. The highest BCUT2D eigenvalue weighted by Gasteiger charge is 2.04. The van der Waals surface area contributed by atoms with Gasteiger partial charge in [0, 0.05) is 11.3 Å². The molecular weight excluding hydrogens is 236 g/mol. The number of phenolic OH excluding ortho intramolecular Hbond substituents is 1. The van der Waals surface area contributed by atoms with Crippen LogP contribution in [0.1, 0.15) is 5.56 Å². The van der Waals surface area contributed by atoms with Crippen molar-refractivity contribution in [3.63, 3.8) is 0 Å². The topological polar surface area (TPSA) is 70.0 Å². The molecule has 0 amide bonds. The van der Waals surface area contributed by atoms with Crippen LogP contribution in [0.25, 0.3) is 11.1 Å². The van der Waals surface area contributed by atoms with Crippen LogP contribution < -0.4 is 5.73 Å². The monoisotopic (exact) mass is 246 g/mol. The van der Waals surface area contributed by atoms with Gasteiger partial charge < -0.3 is 10.8 Å². The average molecular weight is 247 g/mol. The highest BCUT2D eigenvalue weighted by atomic mass is 35.5. The molecule has 0 aliphatic heterocycles. The lowest BCUT2D eigenvalue weighted by molar-refractivity contribution is 0.477. The van der Waals surface area contributed by atoms with Crippen LogP contribution in [0, 0.1) is 11.3 Å². The van der Waals surface area contributed by atoms with Crippen molar-refractivity contribution in [2.75, 3.05) is 5.73 Å². The lowest BCUT2D eigenvalue weighted by atomic mass is 10.0. The van der Waals surface area contributed by atoms with E-state index in [0.717, 1.165) is 5.56 Å². The summed E-state index contributed by atoms with van der Waals surface area (Å²) in [6, 6.07) is 13.9. The summed E-state index contributed by atoms with van der Waals surface area (Å²) < 4.78 is 0. The molecule has 17 heavy (non-hydrogen) atoms. The Hall–Kier alpha value is -2.18. The number of hydrogen-bond donors (Lipinski definition) is 2. The quantitative estimate of drug-likeness (QED) is 0.600. The van der Waals surface area contributed by atoms with E-state index in [1.54, 1.807) is 42.5 Å². The summed E-state index contributed by atoms with van der Waals surface area (Å²) in [6.45, 7) is 0. The van der Waals surface area contributed by atoms with Gasteiger partial charge in [0.15, 0.2) is 0 Å². The van der Waals surface area contributed by atoms with E-state index in [9.17, 15) is 5.11 Å². The van der Waals surface area contributed by atoms with Crippen LogP contribution in [0.4, 0.5) is 5.69 Å². The lowest BCUT2D eigenvalue weighted by Gasteiger charge is -2.05. The minimum atomic E-state index is 0. The van der Waals surface area contributed by atoms with Crippen LogP contribution in [0.3, 0.4) is 0 Å². The number of phenols is 1. The first-order valence-corrected chi connectivity index (χ1v) is 4.80. The van der Waals surface area contributed by atoms with Gasteiger partial charge in [-0.05, 0) is 35.9 Å². The third-order valence-corrected chi connectivity index (χ3v) is 2.35. The molecule has 2 aromatic carbocycles. The number of halogens is 1. The summed E-state index contributed by atoms with van der Waals surface area (Å²) in [5.74, 6) is 0.180. The van der Waals surface area contributed by atoms with Crippen molar-refractivity contribution in [3.8, 4) is 22.9 Å². The molecule has 0 unspecified atom stereocenters. The first kappa shape index (κ1) is 12.9. The third kappa shape index (κ3) is 2.68. The van der Waals surface area contributed by atoms with E-state index < -0.39 is 0 Å². The summed E-state index contributed by atoms with van der Waals surface area (Å²) in [5.41, 5.74) is 8.35. The number of rotatable bonds is 1. The van der Waals surface area contributed by atoms with E-state index in [1.807, 2.05) is 6.07 Å². The van der Waals surface area contributed by atoms with Crippen LogP contribution in [0.5, 0.6) is 5.75 Å². The molecule has 0 aliphatic rings. The Balaban J connectivity index is 0.00000144. The molecule has 4 heteroatoms. The predicted octanol–water partition coefficient (Wildman–Crippen LogP) is 2.93. The molecule has 3 N–H and O–H groups in total. The predicted molar refractivity (Wildman–Crippen MR) is 69.9 cm³/mol. The minimum absolute atomic E-state index is 0. The SMILES string of the molecule is Cl.N#Cc1ccc(-c2cc(N)ccc2O)cc1. The third-order valence-electron chi connectivity index (χ3n) is 2.35. The standard InChI is InChI=1S/C13H10N2O.ClH/c14-8-9-1-3-10(4-2-9)12-7-11(15)5-6-13(12)16;/h1-7,16H,15H2;1H.